The number of aromatic hydroxyl groups is 1. The van der Waals surface area contributed by atoms with Gasteiger partial charge in [-0.05, 0) is 25.1 Å². The molecule has 0 spiro atoms. The van der Waals surface area contributed by atoms with Gasteiger partial charge in [0, 0.05) is 30.7 Å². The van der Waals surface area contributed by atoms with Crippen LogP contribution >= 0.6 is 0 Å². The summed E-state index contributed by atoms with van der Waals surface area (Å²) in [4.78, 5) is 8.92. The van der Waals surface area contributed by atoms with Crippen molar-refractivity contribution in [3.05, 3.63) is 43.0 Å². The molecule has 138 valence electrons. The highest BCUT2D eigenvalue weighted by molar-refractivity contribution is 5.87. The van der Waals surface area contributed by atoms with Crippen LogP contribution in [0.3, 0.4) is 0 Å². The molecule has 0 bridgehead atoms. The van der Waals surface area contributed by atoms with Crippen molar-refractivity contribution in [1.82, 2.24) is 24.3 Å². The van der Waals surface area contributed by atoms with E-state index in [-0.39, 0.29) is 5.88 Å². The number of aryl methyl sites for hydroxylation is 1. The first-order valence-corrected chi connectivity index (χ1v) is 8.47. The van der Waals surface area contributed by atoms with Gasteiger partial charge in [-0.1, -0.05) is 0 Å². The molecule has 0 aliphatic heterocycles. The summed E-state index contributed by atoms with van der Waals surface area (Å²) in [6.45, 7) is 2.77. The molecule has 8 heteroatoms. The van der Waals surface area contributed by atoms with E-state index in [1.54, 1.807) is 42.1 Å². The van der Waals surface area contributed by atoms with Crippen LogP contribution < -0.4 is 9.47 Å². The van der Waals surface area contributed by atoms with Crippen molar-refractivity contribution in [3.63, 3.8) is 0 Å². The smallest absolute Gasteiger partial charge is 0.256 e. The van der Waals surface area contributed by atoms with Crippen molar-refractivity contribution in [2.75, 3.05) is 14.2 Å². The van der Waals surface area contributed by atoms with Gasteiger partial charge in [0.2, 0.25) is 5.88 Å². The highest BCUT2D eigenvalue weighted by atomic mass is 16.5. The van der Waals surface area contributed by atoms with E-state index >= 15 is 0 Å². The highest BCUT2D eigenvalue weighted by Gasteiger charge is 2.14. The number of hydrogen-bond donors (Lipinski definition) is 1. The van der Waals surface area contributed by atoms with E-state index in [9.17, 15) is 5.11 Å². The summed E-state index contributed by atoms with van der Waals surface area (Å²) in [5.41, 5.74) is 2.96. The van der Waals surface area contributed by atoms with Gasteiger partial charge in [-0.2, -0.15) is 5.10 Å². The van der Waals surface area contributed by atoms with E-state index in [0.717, 1.165) is 23.5 Å². The van der Waals surface area contributed by atoms with E-state index in [2.05, 4.69) is 15.1 Å². The lowest BCUT2D eigenvalue weighted by Gasteiger charge is -2.08. The standard InChI is InChI=1S/C19H19N5O3/c1-4-23-10-13(9-21-23)24-11-16-14(19(24)25)5-6-15(22-16)12-7-17(26-2)18(27-3)20-8-12/h5-11,25H,4H2,1-3H3. The Morgan fingerprint density at radius 1 is 1.11 bits per heavy atom. The Hall–Kier alpha value is -3.55. The molecule has 4 heterocycles. The molecule has 0 aliphatic carbocycles. The van der Waals surface area contributed by atoms with E-state index in [0.29, 0.717) is 22.5 Å². The van der Waals surface area contributed by atoms with Gasteiger partial charge in [-0.3, -0.25) is 9.25 Å². The third-order valence-corrected chi connectivity index (χ3v) is 4.39. The summed E-state index contributed by atoms with van der Waals surface area (Å²) in [7, 11) is 3.11. The van der Waals surface area contributed by atoms with Gasteiger partial charge in [-0.25, -0.2) is 9.97 Å². The third-order valence-electron chi connectivity index (χ3n) is 4.39. The quantitative estimate of drug-likeness (QED) is 0.585. The molecule has 27 heavy (non-hydrogen) atoms. The average molecular weight is 365 g/mol. The fraction of sp³-hybridized carbons (Fsp3) is 0.211. The van der Waals surface area contributed by atoms with Crippen molar-refractivity contribution < 1.29 is 14.6 Å². The molecule has 1 N–H and O–H groups in total. The second kappa shape index (κ2) is 6.64. The average Bonchev–Trinajstić information content (AvgIpc) is 3.31. The number of aromatic nitrogens is 5. The molecule has 0 saturated carbocycles. The number of rotatable bonds is 5. The van der Waals surface area contributed by atoms with Crippen LogP contribution in [0.25, 0.3) is 27.8 Å². The second-order valence-electron chi connectivity index (χ2n) is 5.94. The lowest BCUT2D eigenvalue weighted by molar-refractivity contribution is 0.343. The number of pyridine rings is 2. The predicted molar refractivity (Wildman–Crippen MR) is 101 cm³/mol. The molecule has 4 aromatic rings. The van der Waals surface area contributed by atoms with Crippen LogP contribution in [0.5, 0.6) is 17.5 Å². The van der Waals surface area contributed by atoms with Crippen LogP contribution in [0.4, 0.5) is 0 Å². The van der Waals surface area contributed by atoms with Crippen molar-refractivity contribution in [3.8, 4) is 34.5 Å². The zero-order valence-corrected chi connectivity index (χ0v) is 15.2. The van der Waals surface area contributed by atoms with Crippen LogP contribution in [0.15, 0.2) is 43.0 Å². The third kappa shape index (κ3) is 2.84. The largest absolute Gasteiger partial charge is 0.494 e. The minimum absolute atomic E-state index is 0.130. The van der Waals surface area contributed by atoms with Crippen LogP contribution in [-0.2, 0) is 6.54 Å². The van der Waals surface area contributed by atoms with Gasteiger partial charge < -0.3 is 14.6 Å². The van der Waals surface area contributed by atoms with Crippen LogP contribution in [0.1, 0.15) is 6.92 Å². The summed E-state index contributed by atoms with van der Waals surface area (Å²) in [5.74, 6) is 1.08. The molecular formula is C19H19N5O3. The SMILES string of the molecule is CCn1cc(-n2cc3nc(-c4cnc(OC)c(OC)c4)ccc3c2O)cn1. The Morgan fingerprint density at radius 3 is 2.67 bits per heavy atom. The minimum atomic E-state index is 0.130. The second-order valence-corrected chi connectivity index (χ2v) is 5.94. The van der Waals surface area contributed by atoms with Gasteiger partial charge in [0.05, 0.1) is 42.7 Å². The Bertz CT molecular complexity index is 1120. The normalized spacial score (nSPS) is 11.1. The Balaban J connectivity index is 1.79. The van der Waals surface area contributed by atoms with Crippen LogP contribution in [-0.4, -0.2) is 43.6 Å². The van der Waals surface area contributed by atoms with Crippen LogP contribution in [0, 0.1) is 0 Å². The molecule has 0 amide bonds. The van der Waals surface area contributed by atoms with E-state index in [4.69, 9.17) is 9.47 Å². The molecule has 4 aromatic heterocycles. The molecule has 8 nitrogen and oxygen atoms in total. The number of ether oxygens (including phenoxy) is 2. The Labute approximate surface area is 155 Å². The number of methoxy groups -OCH3 is 2. The maximum Gasteiger partial charge on any atom is 0.256 e. The van der Waals surface area contributed by atoms with Crippen LogP contribution in [0.2, 0.25) is 0 Å². The lowest BCUT2D eigenvalue weighted by atomic mass is 10.1. The Kier molecular flexibility index (Phi) is 4.15. The lowest BCUT2D eigenvalue weighted by Crippen LogP contribution is -1.94. The predicted octanol–water partition coefficient (Wildman–Crippen LogP) is 3.03. The molecule has 0 aliphatic rings. The molecule has 0 unspecified atom stereocenters. The number of hydrogen-bond acceptors (Lipinski definition) is 6. The highest BCUT2D eigenvalue weighted by Crippen LogP contribution is 2.33. The van der Waals surface area contributed by atoms with E-state index in [1.165, 1.54) is 0 Å². The van der Waals surface area contributed by atoms with Crippen molar-refractivity contribution in [2.45, 2.75) is 13.5 Å². The summed E-state index contributed by atoms with van der Waals surface area (Å²) in [6, 6.07) is 5.50. The molecule has 0 fully saturated rings. The zero-order chi connectivity index (χ0) is 19.0. The van der Waals surface area contributed by atoms with Gasteiger partial charge >= 0.3 is 0 Å². The first kappa shape index (κ1) is 16.9. The van der Waals surface area contributed by atoms with Gasteiger partial charge in [0.1, 0.15) is 0 Å². The summed E-state index contributed by atoms with van der Waals surface area (Å²) in [5, 5.41) is 15.5. The van der Waals surface area contributed by atoms with Crippen molar-refractivity contribution in [1.29, 1.82) is 0 Å². The molecular weight excluding hydrogens is 346 g/mol. The van der Waals surface area contributed by atoms with Crippen molar-refractivity contribution >= 4 is 10.9 Å². The molecule has 0 aromatic carbocycles. The first-order valence-electron chi connectivity index (χ1n) is 8.47. The fourth-order valence-electron chi connectivity index (χ4n) is 2.95. The summed E-state index contributed by atoms with van der Waals surface area (Å²) in [6.07, 6.45) is 7.05. The van der Waals surface area contributed by atoms with Gasteiger partial charge in [-0.15, -0.1) is 0 Å². The maximum atomic E-state index is 10.6. The zero-order valence-electron chi connectivity index (χ0n) is 15.2. The van der Waals surface area contributed by atoms with E-state index in [1.807, 2.05) is 31.3 Å². The minimum Gasteiger partial charge on any atom is -0.494 e. The fourth-order valence-corrected chi connectivity index (χ4v) is 2.95. The molecule has 4 rings (SSSR count). The molecule has 0 radical (unpaired) electrons. The maximum absolute atomic E-state index is 10.6. The van der Waals surface area contributed by atoms with Crippen molar-refractivity contribution in [2.24, 2.45) is 0 Å². The topological polar surface area (TPSA) is 87.2 Å². The van der Waals surface area contributed by atoms with Gasteiger partial charge in [0.15, 0.2) is 5.75 Å². The monoisotopic (exact) mass is 365 g/mol. The summed E-state index contributed by atoms with van der Waals surface area (Å²) >= 11 is 0. The molecule has 0 saturated heterocycles. The molecule has 0 atom stereocenters. The first-order chi connectivity index (χ1) is 13.1. The number of fused-ring (bicyclic) bond motifs is 1. The van der Waals surface area contributed by atoms with Gasteiger partial charge in [0.25, 0.3) is 5.88 Å². The number of nitrogens with zero attached hydrogens (tertiary/aromatic N) is 5. The van der Waals surface area contributed by atoms with E-state index < -0.39 is 0 Å². The summed E-state index contributed by atoms with van der Waals surface area (Å²) < 4.78 is 14.0. The Morgan fingerprint density at radius 2 is 1.96 bits per heavy atom.